The van der Waals surface area contributed by atoms with Crippen molar-refractivity contribution in [3.63, 3.8) is 0 Å². The number of hydrogen-bond acceptors (Lipinski definition) is 4. The third-order valence-electron chi connectivity index (χ3n) is 8.85. The number of para-hydroxylation sites is 2. The molecule has 6 aromatic carbocycles. The van der Waals surface area contributed by atoms with E-state index in [1.54, 1.807) is 15.2 Å². The van der Waals surface area contributed by atoms with Gasteiger partial charge < -0.3 is 10.2 Å². The molecule has 0 aliphatic heterocycles. The minimum absolute atomic E-state index is 0.0724. The summed E-state index contributed by atoms with van der Waals surface area (Å²) in [4.78, 5) is 28.1. The highest BCUT2D eigenvalue weighted by atomic mass is 16.3. The second kappa shape index (κ2) is 12.0. The van der Waals surface area contributed by atoms with E-state index in [1.165, 1.54) is 18.2 Å². The number of nitrogens with zero attached hydrogens (tertiary/aromatic N) is 2. The molecule has 6 heteroatoms. The predicted octanol–water partition coefficient (Wildman–Crippen LogP) is 8.89. The highest BCUT2D eigenvalue weighted by molar-refractivity contribution is 6.10. The van der Waals surface area contributed by atoms with Crippen molar-refractivity contribution in [1.82, 2.24) is 9.13 Å². The molecule has 0 aliphatic rings. The Bertz CT molecular complexity index is 2810. The molecular weight excluding hydrogens is 608 g/mol. The Labute approximate surface area is 280 Å². The molecule has 0 saturated heterocycles. The first-order chi connectivity index (χ1) is 24.0. The van der Waals surface area contributed by atoms with Crippen LogP contribution in [0.5, 0.6) is 11.5 Å². The molecule has 2 heterocycles. The van der Waals surface area contributed by atoms with Gasteiger partial charge in [0.25, 0.3) is 11.1 Å². The fourth-order valence-electron chi connectivity index (χ4n) is 6.57. The van der Waals surface area contributed by atoms with Crippen LogP contribution in [0.4, 0.5) is 0 Å². The molecule has 234 valence electrons. The monoisotopic (exact) mass is 636 g/mol. The van der Waals surface area contributed by atoms with Gasteiger partial charge in [-0.15, -0.1) is 5.73 Å². The van der Waals surface area contributed by atoms with Crippen LogP contribution >= 0.6 is 0 Å². The molecule has 0 saturated carbocycles. The van der Waals surface area contributed by atoms with Gasteiger partial charge in [-0.1, -0.05) is 103 Å². The number of allylic oxidation sites excluding steroid dienone is 2. The van der Waals surface area contributed by atoms with E-state index in [-0.39, 0.29) is 28.2 Å². The van der Waals surface area contributed by atoms with Crippen LogP contribution in [-0.4, -0.2) is 19.3 Å². The minimum atomic E-state index is -0.400. The molecule has 0 amide bonds. The lowest BCUT2D eigenvalue weighted by molar-refractivity contribution is 0.478. The molecule has 6 nitrogen and oxygen atoms in total. The first-order valence-electron chi connectivity index (χ1n) is 15.8. The topological polar surface area (TPSA) is 84.5 Å². The molecule has 0 aliphatic carbocycles. The van der Waals surface area contributed by atoms with Gasteiger partial charge in [0.1, 0.15) is 11.5 Å². The summed E-state index contributed by atoms with van der Waals surface area (Å²) >= 11 is 0. The average Bonchev–Trinajstić information content (AvgIpc) is 3.14. The van der Waals surface area contributed by atoms with E-state index < -0.39 is 5.56 Å². The van der Waals surface area contributed by atoms with Gasteiger partial charge >= 0.3 is 0 Å². The Kier molecular flexibility index (Phi) is 7.26. The van der Waals surface area contributed by atoms with Crippen molar-refractivity contribution >= 4 is 55.5 Å². The van der Waals surface area contributed by atoms with Crippen LogP contribution in [0.2, 0.25) is 0 Å². The zero-order chi connectivity index (χ0) is 33.5. The maximum Gasteiger partial charge on any atom is 0.267 e. The Morgan fingerprint density at radius 3 is 1.47 bits per heavy atom. The summed E-state index contributed by atoms with van der Waals surface area (Å²) in [6.07, 6.45) is 6.08. The van der Waals surface area contributed by atoms with Gasteiger partial charge in [-0.3, -0.25) is 18.7 Å². The van der Waals surface area contributed by atoms with Gasteiger partial charge in [-0.2, -0.15) is 0 Å². The molecule has 0 spiro atoms. The molecule has 2 N–H and O–H groups in total. The number of pyridine rings is 2. The SMILES string of the molecule is O=c1c(C=C=CC=Cc2c(O)c3ccc4ccccc4c3n(-c3ccccc3)c2=O)c(O)c2ccc3ccccc3c2n1-c1ccccc1. The van der Waals surface area contributed by atoms with Gasteiger partial charge in [0.15, 0.2) is 0 Å². The molecule has 49 heavy (non-hydrogen) atoms. The second-order valence-electron chi connectivity index (χ2n) is 11.7. The summed E-state index contributed by atoms with van der Waals surface area (Å²) < 4.78 is 3.24. The minimum Gasteiger partial charge on any atom is -0.506 e. The van der Waals surface area contributed by atoms with Crippen molar-refractivity contribution in [2.24, 2.45) is 0 Å². The van der Waals surface area contributed by atoms with E-state index in [1.807, 2.05) is 133 Å². The zero-order valence-corrected chi connectivity index (χ0v) is 26.1. The average molecular weight is 637 g/mol. The quantitative estimate of drug-likeness (QED) is 0.112. The van der Waals surface area contributed by atoms with Crippen molar-refractivity contribution in [1.29, 1.82) is 0 Å². The zero-order valence-electron chi connectivity index (χ0n) is 26.1. The number of rotatable bonds is 5. The van der Waals surface area contributed by atoms with E-state index in [9.17, 15) is 19.8 Å². The standard InChI is InChI=1S/C43H28N2O4/c46-40-34-26-24-28-14-10-12-20-32(28)38(34)44(30-16-4-1-5-17-30)42(48)36(40)22-8-3-9-23-37-41(47)35-27-25-29-15-11-13-21-33(29)39(35)45(43(37)49)31-18-6-2-7-19-31/h1-8,10-27,46-47H. The molecule has 2 aromatic heterocycles. The fourth-order valence-corrected chi connectivity index (χ4v) is 6.57. The Morgan fingerprint density at radius 1 is 0.490 bits per heavy atom. The van der Waals surface area contributed by atoms with Crippen LogP contribution in [0.3, 0.4) is 0 Å². The van der Waals surface area contributed by atoms with Gasteiger partial charge in [0.2, 0.25) is 0 Å². The van der Waals surface area contributed by atoms with Crippen molar-refractivity contribution < 1.29 is 10.2 Å². The van der Waals surface area contributed by atoms with E-state index in [0.29, 0.717) is 33.2 Å². The van der Waals surface area contributed by atoms with Crippen molar-refractivity contribution in [2.45, 2.75) is 0 Å². The van der Waals surface area contributed by atoms with Crippen LogP contribution in [0.25, 0.3) is 66.9 Å². The first kappa shape index (κ1) is 29.5. The number of hydrogen-bond donors (Lipinski definition) is 2. The molecule has 0 unspecified atom stereocenters. The second-order valence-corrected chi connectivity index (χ2v) is 11.7. The van der Waals surface area contributed by atoms with Gasteiger partial charge in [-0.25, -0.2) is 0 Å². The van der Waals surface area contributed by atoms with Crippen LogP contribution < -0.4 is 11.1 Å². The summed E-state index contributed by atoms with van der Waals surface area (Å²) in [6, 6.07) is 41.6. The summed E-state index contributed by atoms with van der Waals surface area (Å²) in [6.45, 7) is 0. The maximum absolute atomic E-state index is 14.0. The molecular formula is C43H28N2O4. The smallest absolute Gasteiger partial charge is 0.267 e. The van der Waals surface area contributed by atoms with Gasteiger partial charge in [0, 0.05) is 32.9 Å². The lowest BCUT2D eigenvalue weighted by Gasteiger charge is -2.16. The van der Waals surface area contributed by atoms with E-state index in [2.05, 4.69) is 5.73 Å². The third kappa shape index (κ3) is 4.92. The Morgan fingerprint density at radius 2 is 0.939 bits per heavy atom. The van der Waals surface area contributed by atoms with Crippen LogP contribution in [-0.2, 0) is 0 Å². The Balaban J connectivity index is 1.27. The molecule has 0 radical (unpaired) electrons. The van der Waals surface area contributed by atoms with E-state index in [4.69, 9.17) is 0 Å². The predicted molar refractivity (Wildman–Crippen MR) is 199 cm³/mol. The van der Waals surface area contributed by atoms with Crippen molar-refractivity contribution in [2.75, 3.05) is 0 Å². The number of benzene rings is 6. The molecule has 0 atom stereocenters. The highest BCUT2D eigenvalue weighted by Crippen LogP contribution is 2.35. The van der Waals surface area contributed by atoms with E-state index >= 15 is 0 Å². The molecule has 8 aromatic rings. The largest absolute Gasteiger partial charge is 0.506 e. The lowest BCUT2D eigenvalue weighted by atomic mass is 10.0. The first-order valence-corrected chi connectivity index (χ1v) is 15.8. The summed E-state index contributed by atoms with van der Waals surface area (Å²) in [7, 11) is 0. The summed E-state index contributed by atoms with van der Waals surface area (Å²) in [5, 5.41) is 27.4. The van der Waals surface area contributed by atoms with Crippen molar-refractivity contribution in [3.8, 4) is 22.9 Å². The molecule has 0 fully saturated rings. The third-order valence-corrected chi connectivity index (χ3v) is 8.85. The van der Waals surface area contributed by atoms with E-state index in [0.717, 1.165) is 21.5 Å². The van der Waals surface area contributed by atoms with Crippen LogP contribution in [0.15, 0.2) is 161 Å². The summed E-state index contributed by atoms with van der Waals surface area (Å²) in [5.74, 6) is -0.273. The fraction of sp³-hybridized carbons (Fsp3) is 0. The maximum atomic E-state index is 14.0. The Hall–Kier alpha value is -6.88. The van der Waals surface area contributed by atoms with Crippen LogP contribution in [0.1, 0.15) is 11.1 Å². The highest BCUT2D eigenvalue weighted by Gasteiger charge is 2.19. The molecule has 8 rings (SSSR count). The molecule has 0 bridgehead atoms. The number of aromatic hydroxyl groups is 2. The summed E-state index contributed by atoms with van der Waals surface area (Å²) in [5.41, 5.74) is 4.95. The number of aromatic nitrogens is 2. The normalized spacial score (nSPS) is 11.4. The van der Waals surface area contributed by atoms with Gasteiger partial charge in [-0.05, 0) is 65.4 Å². The number of fused-ring (bicyclic) bond motifs is 6. The lowest BCUT2D eigenvalue weighted by Crippen LogP contribution is -2.21. The van der Waals surface area contributed by atoms with Gasteiger partial charge in [0.05, 0.1) is 22.2 Å². The van der Waals surface area contributed by atoms with Crippen molar-refractivity contribution in [3.05, 3.63) is 183 Å². The van der Waals surface area contributed by atoms with Crippen LogP contribution in [0, 0.1) is 0 Å².